The Morgan fingerprint density at radius 1 is 1.53 bits per heavy atom. The number of pyridine rings is 1. The minimum atomic E-state index is 0.448. The molecule has 0 spiro atoms. The molecule has 3 heteroatoms. The molecule has 0 N–H and O–H groups in total. The third-order valence-corrected chi connectivity index (χ3v) is 2.65. The van der Waals surface area contributed by atoms with Gasteiger partial charge in [-0.3, -0.25) is 0 Å². The second kappa shape index (κ2) is 3.74. The minimum absolute atomic E-state index is 0.448. The van der Waals surface area contributed by atoms with E-state index in [4.69, 9.17) is 10.00 Å². The maximum atomic E-state index is 9.10. The second-order valence-corrected chi connectivity index (χ2v) is 3.53. The first-order valence-corrected chi connectivity index (χ1v) is 4.92. The number of fused-ring (bicyclic) bond motifs is 1. The average Bonchev–Trinajstić information content (AvgIpc) is 2.29. The smallest absolute Gasteiger partial charge is 0.231 e. The van der Waals surface area contributed by atoms with E-state index in [2.05, 4.69) is 17.1 Å². The first-order valence-electron chi connectivity index (χ1n) is 4.92. The first kappa shape index (κ1) is 9.72. The quantitative estimate of drug-likeness (QED) is 0.698. The van der Waals surface area contributed by atoms with Crippen LogP contribution in [-0.2, 0) is 6.42 Å². The molecule has 0 unspecified atom stereocenters. The molecule has 1 aliphatic carbocycles. The molecule has 0 saturated heterocycles. The van der Waals surface area contributed by atoms with Gasteiger partial charge in [0.25, 0.3) is 0 Å². The highest BCUT2D eigenvalue weighted by molar-refractivity contribution is 5.64. The van der Waals surface area contributed by atoms with E-state index in [1.54, 1.807) is 7.11 Å². The lowest BCUT2D eigenvalue weighted by molar-refractivity contribution is 0.394. The normalized spacial score (nSPS) is 13.1. The monoisotopic (exact) mass is 200 g/mol. The van der Waals surface area contributed by atoms with Gasteiger partial charge in [-0.1, -0.05) is 12.2 Å². The summed E-state index contributed by atoms with van der Waals surface area (Å²) in [7, 11) is 1.55. The van der Waals surface area contributed by atoms with Gasteiger partial charge >= 0.3 is 0 Å². The summed E-state index contributed by atoms with van der Waals surface area (Å²) in [4.78, 5) is 4.28. The zero-order chi connectivity index (χ0) is 10.8. The minimum Gasteiger partial charge on any atom is -0.480 e. The predicted octanol–water partition coefficient (Wildman–Crippen LogP) is 2.23. The first-order chi connectivity index (χ1) is 7.27. The number of nitriles is 1. The molecular weight excluding hydrogens is 188 g/mol. The number of aryl methyl sites for hydroxylation is 1. The predicted molar refractivity (Wildman–Crippen MR) is 57.6 cm³/mol. The molecule has 1 aromatic rings. The molecule has 1 aliphatic rings. The molecule has 0 atom stereocenters. The highest BCUT2D eigenvalue weighted by Crippen LogP contribution is 2.29. The van der Waals surface area contributed by atoms with E-state index in [1.807, 2.05) is 13.0 Å². The molecule has 0 aromatic carbocycles. The van der Waals surface area contributed by atoms with Gasteiger partial charge in [-0.15, -0.1) is 0 Å². The fourth-order valence-electron chi connectivity index (χ4n) is 1.92. The van der Waals surface area contributed by atoms with Crippen molar-refractivity contribution in [1.82, 2.24) is 4.98 Å². The number of hydrogen-bond donors (Lipinski definition) is 0. The molecule has 3 nitrogen and oxygen atoms in total. The van der Waals surface area contributed by atoms with Crippen LogP contribution in [0.15, 0.2) is 6.08 Å². The van der Waals surface area contributed by atoms with E-state index in [0.717, 1.165) is 29.7 Å². The van der Waals surface area contributed by atoms with Gasteiger partial charge in [0.05, 0.1) is 7.11 Å². The Morgan fingerprint density at radius 2 is 2.33 bits per heavy atom. The summed E-state index contributed by atoms with van der Waals surface area (Å²) < 4.78 is 5.13. The number of methoxy groups -OCH3 is 1. The van der Waals surface area contributed by atoms with Gasteiger partial charge in [-0.2, -0.15) is 5.26 Å². The van der Waals surface area contributed by atoms with Gasteiger partial charge in [0.2, 0.25) is 5.88 Å². The van der Waals surface area contributed by atoms with E-state index >= 15 is 0 Å². The highest BCUT2D eigenvalue weighted by Gasteiger charge is 2.18. The Labute approximate surface area is 89.0 Å². The van der Waals surface area contributed by atoms with Crippen molar-refractivity contribution in [3.05, 3.63) is 28.5 Å². The lowest BCUT2D eigenvalue weighted by atomic mass is 9.93. The van der Waals surface area contributed by atoms with E-state index in [1.165, 1.54) is 0 Å². The van der Waals surface area contributed by atoms with E-state index in [-0.39, 0.29) is 0 Å². The largest absolute Gasteiger partial charge is 0.480 e. The molecule has 15 heavy (non-hydrogen) atoms. The number of ether oxygens (including phenoxy) is 1. The maximum Gasteiger partial charge on any atom is 0.231 e. The van der Waals surface area contributed by atoms with Crippen LogP contribution in [0.1, 0.15) is 28.8 Å². The number of allylic oxidation sites excluding steroid dienone is 1. The fourth-order valence-corrected chi connectivity index (χ4v) is 1.92. The van der Waals surface area contributed by atoms with Gasteiger partial charge in [0.15, 0.2) is 0 Å². The summed E-state index contributed by atoms with van der Waals surface area (Å²) >= 11 is 0. The van der Waals surface area contributed by atoms with Crippen LogP contribution in [0.5, 0.6) is 5.88 Å². The van der Waals surface area contributed by atoms with Crippen molar-refractivity contribution >= 4 is 6.08 Å². The maximum absolute atomic E-state index is 9.10. The Kier molecular flexibility index (Phi) is 2.42. The summed E-state index contributed by atoms with van der Waals surface area (Å²) in [6.45, 7) is 1.94. The molecule has 0 saturated carbocycles. The lowest BCUT2D eigenvalue weighted by Crippen LogP contribution is -2.05. The van der Waals surface area contributed by atoms with Gasteiger partial charge in [0, 0.05) is 11.3 Å². The highest BCUT2D eigenvalue weighted by atomic mass is 16.5. The second-order valence-electron chi connectivity index (χ2n) is 3.53. The van der Waals surface area contributed by atoms with Crippen molar-refractivity contribution in [1.29, 1.82) is 5.26 Å². The van der Waals surface area contributed by atoms with Gasteiger partial charge in [-0.05, 0) is 25.3 Å². The molecule has 0 amide bonds. The van der Waals surface area contributed by atoms with Gasteiger partial charge in [0.1, 0.15) is 11.6 Å². The number of rotatable bonds is 1. The van der Waals surface area contributed by atoms with Crippen molar-refractivity contribution < 1.29 is 4.74 Å². The zero-order valence-corrected chi connectivity index (χ0v) is 8.87. The molecule has 0 fully saturated rings. The van der Waals surface area contributed by atoms with E-state index in [9.17, 15) is 0 Å². The molecule has 0 bridgehead atoms. The van der Waals surface area contributed by atoms with Crippen LogP contribution in [-0.4, -0.2) is 12.1 Å². The summed E-state index contributed by atoms with van der Waals surface area (Å²) in [6.07, 6.45) is 6.04. The third kappa shape index (κ3) is 1.48. The molecule has 0 aliphatic heterocycles. The Balaban J connectivity index is 2.73. The Hall–Kier alpha value is -1.82. The lowest BCUT2D eigenvalue weighted by Gasteiger charge is -2.16. The molecular formula is C12H12N2O. The summed E-state index contributed by atoms with van der Waals surface area (Å²) in [6, 6.07) is 2.18. The van der Waals surface area contributed by atoms with Crippen LogP contribution in [0.2, 0.25) is 0 Å². The Bertz CT molecular complexity index is 469. The number of hydrogen-bond acceptors (Lipinski definition) is 3. The number of nitrogens with zero attached hydrogens (tertiary/aromatic N) is 2. The molecule has 76 valence electrons. The van der Waals surface area contributed by atoms with Crippen LogP contribution >= 0.6 is 0 Å². The molecule has 2 rings (SSSR count). The van der Waals surface area contributed by atoms with Crippen molar-refractivity contribution in [2.75, 3.05) is 7.11 Å². The standard InChI is InChI=1S/C12H12N2O/c1-8-9-5-3-4-6-10(9)11(7-13)12(14-8)15-2/h3,5H,4,6H2,1-2H3. The topological polar surface area (TPSA) is 45.9 Å². The van der Waals surface area contributed by atoms with Crippen LogP contribution in [0, 0.1) is 18.3 Å². The zero-order valence-electron chi connectivity index (χ0n) is 8.87. The summed E-state index contributed by atoms with van der Waals surface area (Å²) in [5.41, 5.74) is 3.67. The third-order valence-electron chi connectivity index (χ3n) is 2.65. The molecule has 1 heterocycles. The van der Waals surface area contributed by atoms with Crippen molar-refractivity contribution in [3.63, 3.8) is 0 Å². The molecule has 1 aromatic heterocycles. The summed E-state index contributed by atoms with van der Waals surface area (Å²) in [5.74, 6) is 0.448. The fraction of sp³-hybridized carbons (Fsp3) is 0.333. The van der Waals surface area contributed by atoms with Crippen LogP contribution in [0.4, 0.5) is 0 Å². The average molecular weight is 200 g/mol. The van der Waals surface area contributed by atoms with Crippen LogP contribution in [0.25, 0.3) is 6.08 Å². The summed E-state index contributed by atoms with van der Waals surface area (Å²) in [5, 5.41) is 9.10. The van der Waals surface area contributed by atoms with Crippen molar-refractivity contribution in [2.45, 2.75) is 19.8 Å². The number of aromatic nitrogens is 1. The Morgan fingerprint density at radius 3 is 3.00 bits per heavy atom. The van der Waals surface area contributed by atoms with Crippen LogP contribution < -0.4 is 4.74 Å². The molecule has 0 radical (unpaired) electrons. The van der Waals surface area contributed by atoms with E-state index < -0.39 is 0 Å². The van der Waals surface area contributed by atoms with E-state index in [0.29, 0.717) is 11.4 Å². The SMILES string of the molecule is COc1nc(C)c2c(c1C#N)CCC=C2. The van der Waals surface area contributed by atoms with Crippen molar-refractivity contribution in [2.24, 2.45) is 0 Å². The van der Waals surface area contributed by atoms with Gasteiger partial charge < -0.3 is 4.74 Å². The van der Waals surface area contributed by atoms with Crippen molar-refractivity contribution in [3.8, 4) is 11.9 Å². The van der Waals surface area contributed by atoms with Gasteiger partial charge in [-0.25, -0.2) is 4.98 Å². The van der Waals surface area contributed by atoms with Crippen LogP contribution in [0.3, 0.4) is 0 Å².